The average Bonchev–Trinajstić information content (AvgIpc) is 2.94. The standard InChI is InChI=1S/C19H17BrN2O/c1-12-5-2-3-6-13(12)19(23)22-10-9-17-15(11-22)14-7-4-8-16(20)18(14)21-17/h2-8,21H,9-11H2,1H3. The number of carbonyl (C=O) groups excluding carboxylic acids is 1. The number of rotatable bonds is 1. The molecule has 0 atom stereocenters. The molecule has 2 aromatic carbocycles. The predicted molar refractivity (Wildman–Crippen MR) is 95.6 cm³/mol. The second kappa shape index (κ2) is 5.53. The van der Waals surface area contributed by atoms with Crippen LogP contribution in [-0.2, 0) is 13.0 Å². The molecule has 4 rings (SSSR count). The van der Waals surface area contributed by atoms with Gasteiger partial charge in [-0.15, -0.1) is 0 Å². The van der Waals surface area contributed by atoms with Crippen molar-refractivity contribution >= 4 is 32.7 Å². The minimum absolute atomic E-state index is 0.123. The number of aromatic nitrogens is 1. The molecule has 1 aromatic heterocycles. The van der Waals surface area contributed by atoms with Crippen molar-refractivity contribution < 1.29 is 4.79 Å². The van der Waals surface area contributed by atoms with E-state index >= 15 is 0 Å². The van der Waals surface area contributed by atoms with Gasteiger partial charge in [0, 0.05) is 46.2 Å². The van der Waals surface area contributed by atoms with E-state index in [1.807, 2.05) is 48.2 Å². The molecule has 1 N–H and O–H groups in total. The van der Waals surface area contributed by atoms with Crippen molar-refractivity contribution in [3.63, 3.8) is 0 Å². The minimum Gasteiger partial charge on any atom is -0.357 e. The zero-order chi connectivity index (χ0) is 16.0. The normalized spacial score (nSPS) is 14.1. The van der Waals surface area contributed by atoms with E-state index in [0.29, 0.717) is 6.54 Å². The summed E-state index contributed by atoms with van der Waals surface area (Å²) in [6.07, 6.45) is 0.869. The molecule has 4 heteroatoms. The van der Waals surface area contributed by atoms with Crippen LogP contribution in [0.1, 0.15) is 27.2 Å². The molecule has 0 fully saturated rings. The van der Waals surface area contributed by atoms with Crippen molar-refractivity contribution in [2.75, 3.05) is 6.54 Å². The van der Waals surface area contributed by atoms with Crippen molar-refractivity contribution in [3.05, 3.63) is 69.3 Å². The average molecular weight is 369 g/mol. The van der Waals surface area contributed by atoms with E-state index in [9.17, 15) is 4.79 Å². The number of fused-ring (bicyclic) bond motifs is 3. The Morgan fingerprint density at radius 2 is 2.00 bits per heavy atom. The third-order valence-corrected chi connectivity index (χ3v) is 5.28. The summed E-state index contributed by atoms with van der Waals surface area (Å²) in [5.41, 5.74) is 5.46. The summed E-state index contributed by atoms with van der Waals surface area (Å²) in [6.45, 7) is 3.41. The number of H-pyrrole nitrogens is 1. The van der Waals surface area contributed by atoms with Gasteiger partial charge in [-0.2, -0.15) is 0 Å². The monoisotopic (exact) mass is 368 g/mol. The van der Waals surface area contributed by atoms with Gasteiger partial charge in [-0.3, -0.25) is 4.79 Å². The molecule has 3 aromatic rings. The molecule has 116 valence electrons. The van der Waals surface area contributed by atoms with Crippen LogP contribution in [0.4, 0.5) is 0 Å². The summed E-state index contributed by atoms with van der Waals surface area (Å²) >= 11 is 3.60. The number of aryl methyl sites for hydroxylation is 1. The fourth-order valence-electron chi connectivity index (χ4n) is 3.36. The number of hydrogen-bond acceptors (Lipinski definition) is 1. The number of benzene rings is 2. The first-order valence-electron chi connectivity index (χ1n) is 7.78. The lowest BCUT2D eigenvalue weighted by molar-refractivity contribution is 0.0734. The number of hydrogen-bond donors (Lipinski definition) is 1. The van der Waals surface area contributed by atoms with Gasteiger partial charge in [0.25, 0.3) is 5.91 Å². The largest absolute Gasteiger partial charge is 0.357 e. The van der Waals surface area contributed by atoms with Crippen LogP contribution in [-0.4, -0.2) is 22.3 Å². The maximum absolute atomic E-state index is 12.9. The minimum atomic E-state index is 0.123. The molecule has 0 saturated carbocycles. The number of para-hydroxylation sites is 1. The Hall–Kier alpha value is -2.07. The van der Waals surface area contributed by atoms with Crippen molar-refractivity contribution in [1.82, 2.24) is 9.88 Å². The van der Waals surface area contributed by atoms with Crippen LogP contribution in [0.15, 0.2) is 46.9 Å². The van der Waals surface area contributed by atoms with Crippen molar-refractivity contribution in [2.45, 2.75) is 19.9 Å². The topological polar surface area (TPSA) is 36.1 Å². The number of halogens is 1. The highest BCUT2D eigenvalue weighted by Crippen LogP contribution is 2.32. The van der Waals surface area contributed by atoms with Gasteiger partial charge in [0.15, 0.2) is 0 Å². The Morgan fingerprint density at radius 3 is 2.83 bits per heavy atom. The van der Waals surface area contributed by atoms with Gasteiger partial charge in [-0.05, 0) is 40.5 Å². The van der Waals surface area contributed by atoms with E-state index in [2.05, 4.69) is 27.0 Å². The maximum Gasteiger partial charge on any atom is 0.254 e. The quantitative estimate of drug-likeness (QED) is 0.677. The lowest BCUT2D eigenvalue weighted by Gasteiger charge is -2.28. The van der Waals surface area contributed by atoms with Gasteiger partial charge in [-0.25, -0.2) is 0 Å². The highest BCUT2D eigenvalue weighted by molar-refractivity contribution is 9.10. The van der Waals surface area contributed by atoms with Crippen LogP contribution in [0.25, 0.3) is 10.9 Å². The van der Waals surface area contributed by atoms with Gasteiger partial charge in [0.1, 0.15) is 0 Å². The maximum atomic E-state index is 12.9. The number of nitrogens with one attached hydrogen (secondary N) is 1. The van der Waals surface area contributed by atoms with Gasteiger partial charge >= 0.3 is 0 Å². The van der Waals surface area contributed by atoms with Crippen molar-refractivity contribution in [1.29, 1.82) is 0 Å². The van der Waals surface area contributed by atoms with Crippen LogP contribution in [0.3, 0.4) is 0 Å². The van der Waals surface area contributed by atoms with E-state index < -0.39 is 0 Å². The number of amides is 1. The number of aromatic amines is 1. The summed E-state index contributed by atoms with van der Waals surface area (Å²) in [5, 5.41) is 1.21. The lowest BCUT2D eigenvalue weighted by Crippen LogP contribution is -2.36. The summed E-state index contributed by atoms with van der Waals surface area (Å²) in [4.78, 5) is 18.3. The zero-order valence-corrected chi connectivity index (χ0v) is 14.5. The Labute approximate surface area is 143 Å². The first-order valence-corrected chi connectivity index (χ1v) is 8.57. The first kappa shape index (κ1) is 14.5. The summed E-state index contributed by atoms with van der Waals surface area (Å²) in [7, 11) is 0. The van der Waals surface area contributed by atoms with Crippen molar-refractivity contribution in [3.8, 4) is 0 Å². The molecule has 2 heterocycles. The Balaban J connectivity index is 1.71. The molecule has 0 bridgehead atoms. The Kier molecular flexibility index (Phi) is 3.49. The molecular formula is C19H17BrN2O. The Bertz CT molecular complexity index is 913. The molecule has 23 heavy (non-hydrogen) atoms. The lowest BCUT2D eigenvalue weighted by atomic mass is 10.0. The fraction of sp³-hybridized carbons (Fsp3) is 0.211. The van der Waals surface area contributed by atoms with E-state index in [1.165, 1.54) is 16.6 Å². The summed E-state index contributed by atoms with van der Waals surface area (Å²) in [5.74, 6) is 0.123. The second-order valence-electron chi connectivity index (χ2n) is 6.04. The third kappa shape index (κ3) is 2.38. The molecule has 0 spiro atoms. The van der Waals surface area contributed by atoms with Gasteiger partial charge < -0.3 is 9.88 Å². The smallest absolute Gasteiger partial charge is 0.254 e. The van der Waals surface area contributed by atoms with Crippen LogP contribution in [0.5, 0.6) is 0 Å². The number of nitrogens with zero attached hydrogens (tertiary/aromatic N) is 1. The summed E-state index contributed by atoms with van der Waals surface area (Å²) in [6, 6.07) is 14.0. The van der Waals surface area contributed by atoms with E-state index in [1.54, 1.807) is 0 Å². The van der Waals surface area contributed by atoms with E-state index in [0.717, 1.165) is 34.1 Å². The molecule has 0 saturated heterocycles. The fourth-order valence-corrected chi connectivity index (χ4v) is 3.82. The molecule has 1 aliphatic rings. The van der Waals surface area contributed by atoms with Crippen LogP contribution in [0, 0.1) is 6.92 Å². The Morgan fingerprint density at radius 1 is 1.17 bits per heavy atom. The molecule has 0 aliphatic carbocycles. The van der Waals surface area contributed by atoms with Gasteiger partial charge in [0.2, 0.25) is 0 Å². The first-order chi connectivity index (χ1) is 11.1. The highest BCUT2D eigenvalue weighted by atomic mass is 79.9. The van der Waals surface area contributed by atoms with Crippen LogP contribution >= 0.6 is 15.9 Å². The molecule has 0 unspecified atom stereocenters. The molecule has 1 aliphatic heterocycles. The van der Waals surface area contributed by atoms with Gasteiger partial charge in [-0.1, -0.05) is 30.3 Å². The zero-order valence-electron chi connectivity index (χ0n) is 12.9. The predicted octanol–water partition coefficient (Wildman–Crippen LogP) is 4.44. The van der Waals surface area contributed by atoms with Crippen LogP contribution in [0.2, 0.25) is 0 Å². The van der Waals surface area contributed by atoms with E-state index in [4.69, 9.17) is 0 Å². The van der Waals surface area contributed by atoms with Crippen molar-refractivity contribution in [2.24, 2.45) is 0 Å². The summed E-state index contributed by atoms with van der Waals surface area (Å²) < 4.78 is 1.07. The van der Waals surface area contributed by atoms with Crippen LogP contribution < -0.4 is 0 Å². The second-order valence-corrected chi connectivity index (χ2v) is 6.89. The SMILES string of the molecule is Cc1ccccc1C(=O)N1CCc2[nH]c3c(Br)cccc3c2C1. The molecular weight excluding hydrogens is 352 g/mol. The highest BCUT2D eigenvalue weighted by Gasteiger charge is 2.25. The van der Waals surface area contributed by atoms with Gasteiger partial charge in [0.05, 0.1) is 5.52 Å². The third-order valence-electron chi connectivity index (χ3n) is 4.62. The molecule has 0 radical (unpaired) electrons. The number of carbonyl (C=O) groups is 1. The molecule has 3 nitrogen and oxygen atoms in total. The molecule has 1 amide bonds. The van der Waals surface area contributed by atoms with E-state index in [-0.39, 0.29) is 5.91 Å².